The minimum Gasteiger partial charge on any atom is -0.469 e. The van der Waals surface area contributed by atoms with Crippen LogP contribution in [0.2, 0.25) is 0 Å². The van der Waals surface area contributed by atoms with Crippen molar-refractivity contribution < 1.29 is 38.4 Å². The summed E-state index contributed by atoms with van der Waals surface area (Å²) in [5.41, 5.74) is -0.519. The monoisotopic (exact) mass is 698 g/mol. The normalized spacial score (nSPS) is 22.3. The number of hydrogen-bond donors (Lipinski definition) is 1. The number of amides is 4. The molecule has 2 aliphatic heterocycles. The van der Waals surface area contributed by atoms with Crippen LogP contribution in [0.15, 0.2) is 84.9 Å². The predicted molar refractivity (Wildman–Crippen MR) is 185 cm³/mol. The number of ether oxygens (including phenoxy) is 2. The van der Waals surface area contributed by atoms with Crippen LogP contribution in [-0.2, 0) is 30.5 Å². The zero-order valence-corrected chi connectivity index (χ0v) is 29.0. The highest BCUT2D eigenvalue weighted by atomic mass is 16.6. The summed E-state index contributed by atoms with van der Waals surface area (Å²) < 4.78 is 11.3. The summed E-state index contributed by atoms with van der Waals surface area (Å²) in [6.45, 7) is 4.39. The van der Waals surface area contributed by atoms with E-state index >= 15 is 0 Å². The number of hydrogen-bond acceptors (Lipinski definition) is 9. The summed E-state index contributed by atoms with van der Waals surface area (Å²) in [5.74, 6) is -5.12. The second-order valence-electron chi connectivity index (χ2n) is 13.0. The van der Waals surface area contributed by atoms with E-state index in [-0.39, 0.29) is 36.6 Å². The van der Waals surface area contributed by atoms with E-state index in [1.54, 1.807) is 42.5 Å². The van der Waals surface area contributed by atoms with Gasteiger partial charge in [0.25, 0.3) is 11.8 Å². The molecule has 13 nitrogen and oxygen atoms in total. The zero-order chi connectivity index (χ0) is 36.9. The van der Waals surface area contributed by atoms with E-state index < -0.39 is 70.7 Å². The van der Waals surface area contributed by atoms with Crippen LogP contribution in [0.25, 0.3) is 0 Å². The van der Waals surface area contributed by atoms with Gasteiger partial charge < -0.3 is 19.7 Å². The quantitative estimate of drug-likeness (QED) is 0.112. The number of methoxy groups -OCH3 is 1. The number of imide groups is 1. The van der Waals surface area contributed by atoms with Gasteiger partial charge in [-0.05, 0) is 36.1 Å². The molecule has 0 bridgehead atoms. The molecular formula is C38H42N4O9. The Bertz CT molecular complexity index is 1750. The van der Waals surface area contributed by atoms with E-state index in [1.807, 2.05) is 44.2 Å². The third kappa shape index (κ3) is 7.11. The van der Waals surface area contributed by atoms with Gasteiger partial charge in [-0.3, -0.25) is 39.0 Å². The van der Waals surface area contributed by atoms with Gasteiger partial charge in [-0.2, -0.15) is 0 Å². The molecule has 0 radical (unpaired) electrons. The van der Waals surface area contributed by atoms with E-state index in [4.69, 9.17) is 9.47 Å². The molecule has 6 atom stereocenters. The largest absolute Gasteiger partial charge is 0.469 e. The van der Waals surface area contributed by atoms with Crippen molar-refractivity contribution in [1.29, 1.82) is 0 Å². The molecule has 0 saturated carbocycles. The Labute approximate surface area is 296 Å². The van der Waals surface area contributed by atoms with Crippen LogP contribution in [-0.4, -0.2) is 82.2 Å². The van der Waals surface area contributed by atoms with Gasteiger partial charge in [0.15, 0.2) is 0 Å². The van der Waals surface area contributed by atoms with E-state index in [2.05, 4.69) is 5.32 Å². The zero-order valence-electron chi connectivity index (χ0n) is 29.0. The van der Waals surface area contributed by atoms with Crippen molar-refractivity contribution in [3.8, 4) is 0 Å². The fraction of sp³-hybridized carbons (Fsp3) is 0.395. The van der Waals surface area contributed by atoms with Crippen molar-refractivity contribution in [3.05, 3.63) is 117 Å². The Morgan fingerprint density at radius 3 is 2.06 bits per heavy atom. The van der Waals surface area contributed by atoms with Crippen molar-refractivity contribution in [2.24, 2.45) is 11.8 Å². The maximum Gasteiger partial charge on any atom is 0.307 e. The SMILES string of the molecule is CC[C@H](C)[C@H](OCc1ccccc1)[C@H]1[C@H]([N+](=O)[O-])[C@H](c2ccccc2)N(C(=O)CN2C(=O)c3ccccc3C2=O)[C@@]1(C)C(=O)NCCC(=O)OC. The lowest BCUT2D eigenvalue weighted by atomic mass is 9.74. The molecule has 0 unspecified atom stereocenters. The Balaban J connectivity index is 1.66. The Hall–Kier alpha value is -5.43. The van der Waals surface area contributed by atoms with Crippen molar-refractivity contribution in [3.63, 3.8) is 0 Å². The van der Waals surface area contributed by atoms with E-state index in [1.165, 1.54) is 31.1 Å². The molecule has 3 aromatic rings. The molecule has 1 N–H and O–H groups in total. The molecule has 0 spiro atoms. The van der Waals surface area contributed by atoms with E-state index in [0.29, 0.717) is 12.0 Å². The average Bonchev–Trinajstić information content (AvgIpc) is 3.56. The smallest absolute Gasteiger partial charge is 0.307 e. The number of likely N-dealkylation sites (tertiary alicyclic amines) is 1. The number of carbonyl (C=O) groups excluding carboxylic acids is 5. The fourth-order valence-corrected chi connectivity index (χ4v) is 7.34. The molecule has 5 rings (SSSR count). The molecule has 2 heterocycles. The third-order valence-corrected chi connectivity index (χ3v) is 10.1. The number of carbonyl (C=O) groups is 5. The predicted octanol–water partition coefficient (Wildman–Crippen LogP) is 4.20. The lowest BCUT2D eigenvalue weighted by molar-refractivity contribution is -0.536. The van der Waals surface area contributed by atoms with Gasteiger partial charge in [0.05, 0.1) is 43.3 Å². The lowest BCUT2D eigenvalue weighted by Gasteiger charge is -2.42. The highest BCUT2D eigenvalue weighted by Crippen LogP contribution is 2.52. The van der Waals surface area contributed by atoms with Crippen molar-refractivity contribution in [2.45, 2.75) is 63.9 Å². The molecule has 51 heavy (non-hydrogen) atoms. The first-order chi connectivity index (χ1) is 24.4. The molecule has 1 saturated heterocycles. The highest BCUT2D eigenvalue weighted by molar-refractivity contribution is 6.22. The number of benzene rings is 3. The summed E-state index contributed by atoms with van der Waals surface area (Å²) in [5, 5.41) is 16.1. The van der Waals surface area contributed by atoms with Gasteiger partial charge in [0, 0.05) is 11.5 Å². The summed E-state index contributed by atoms with van der Waals surface area (Å²) in [6.07, 6.45) is -0.587. The average molecular weight is 699 g/mol. The first-order valence-corrected chi connectivity index (χ1v) is 16.9. The first-order valence-electron chi connectivity index (χ1n) is 16.9. The minimum absolute atomic E-state index is 0.0792. The molecule has 2 aliphatic rings. The van der Waals surface area contributed by atoms with Crippen molar-refractivity contribution in [2.75, 3.05) is 20.2 Å². The number of nitrogens with one attached hydrogen (secondary N) is 1. The number of nitrogens with zero attached hydrogens (tertiary/aromatic N) is 3. The summed E-state index contributed by atoms with van der Waals surface area (Å²) in [6, 6.07) is 20.9. The van der Waals surface area contributed by atoms with Gasteiger partial charge in [-0.1, -0.05) is 93.1 Å². The molecule has 0 aliphatic carbocycles. The molecule has 4 amide bonds. The maximum atomic E-state index is 14.8. The van der Waals surface area contributed by atoms with Crippen molar-refractivity contribution in [1.82, 2.24) is 15.1 Å². The van der Waals surface area contributed by atoms with Crippen LogP contribution < -0.4 is 5.32 Å². The maximum absolute atomic E-state index is 14.8. The van der Waals surface area contributed by atoms with Gasteiger partial charge in [-0.15, -0.1) is 0 Å². The second-order valence-corrected chi connectivity index (χ2v) is 13.0. The van der Waals surface area contributed by atoms with Gasteiger partial charge in [0.2, 0.25) is 17.9 Å². The van der Waals surface area contributed by atoms with E-state index in [0.717, 1.165) is 10.5 Å². The fourth-order valence-electron chi connectivity index (χ4n) is 7.34. The van der Waals surface area contributed by atoms with E-state index in [9.17, 15) is 34.1 Å². The highest BCUT2D eigenvalue weighted by Gasteiger charge is 2.70. The molecule has 1 fully saturated rings. The number of fused-ring (bicyclic) bond motifs is 1. The van der Waals surface area contributed by atoms with Gasteiger partial charge in [-0.25, -0.2) is 0 Å². The van der Waals surface area contributed by atoms with Crippen molar-refractivity contribution >= 4 is 29.6 Å². The van der Waals surface area contributed by atoms with Crippen LogP contribution in [0.3, 0.4) is 0 Å². The third-order valence-electron chi connectivity index (χ3n) is 10.1. The van der Waals surface area contributed by atoms with Crippen LogP contribution in [0.5, 0.6) is 0 Å². The minimum atomic E-state index is -1.98. The lowest BCUT2D eigenvalue weighted by Crippen LogP contribution is -2.63. The molecule has 3 aromatic carbocycles. The molecule has 0 aromatic heterocycles. The number of esters is 1. The number of rotatable bonds is 14. The standard InChI is InChI=1S/C38H42N4O9/c1-5-24(2)34(51-23-25-14-8-6-9-15-25)31-33(42(48)49)32(26-16-10-7-11-17-26)41(38(31,3)37(47)39-21-20-30(44)50-4)29(43)22-40-35(45)27-18-12-13-19-28(27)36(40)46/h6-19,24,31-34H,5,20-23H2,1-4H3,(H,39,47)/t24-,31+,32-,33-,34-,38+/m0/s1. The first kappa shape index (κ1) is 36.8. The Kier molecular flexibility index (Phi) is 11.3. The summed E-state index contributed by atoms with van der Waals surface area (Å²) in [7, 11) is 1.21. The Morgan fingerprint density at radius 1 is 0.941 bits per heavy atom. The van der Waals surface area contributed by atoms with Crippen LogP contribution >= 0.6 is 0 Å². The van der Waals surface area contributed by atoms with Gasteiger partial charge >= 0.3 is 5.97 Å². The van der Waals surface area contributed by atoms with Gasteiger partial charge in [0.1, 0.15) is 18.1 Å². The number of nitro groups is 1. The van der Waals surface area contributed by atoms with Crippen LogP contribution in [0, 0.1) is 22.0 Å². The summed E-state index contributed by atoms with van der Waals surface area (Å²) >= 11 is 0. The molecular weight excluding hydrogens is 656 g/mol. The Morgan fingerprint density at radius 2 is 1.51 bits per heavy atom. The molecule has 268 valence electrons. The topological polar surface area (TPSA) is 165 Å². The molecule has 13 heteroatoms. The van der Waals surface area contributed by atoms with Crippen LogP contribution in [0.4, 0.5) is 0 Å². The second kappa shape index (κ2) is 15.6. The van der Waals surface area contributed by atoms with Crippen LogP contribution in [0.1, 0.15) is 71.5 Å². The summed E-state index contributed by atoms with van der Waals surface area (Å²) in [4.78, 5) is 83.2.